The molecule has 0 amide bonds. The van der Waals surface area contributed by atoms with E-state index in [0.717, 1.165) is 6.21 Å². The van der Waals surface area contributed by atoms with Gasteiger partial charge in [0.2, 0.25) is 0 Å². The van der Waals surface area contributed by atoms with Gasteiger partial charge in [-0.3, -0.25) is 4.79 Å². The molecule has 1 aromatic heterocycles. The molecule has 12 heavy (non-hydrogen) atoms. The van der Waals surface area contributed by atoms with Gasteiger partial charge in [-0.15, -0.1) is 0 Å². The molecule has 0 aliphatic carbocycles. The van der Waals surface area contributed by atoms with Gasteiger partial charge in [-0.25, -0.2) is 0 Å². The highest BCUT2D eigenvalue weighted by molar-refractivity contribution is 5.79. The van der Waals surface area contributed by atoms with Crippen LogP contribution in [0.2, 0.25) is 0 Å². The fraction of sp³-hybridized carbons (Fsp3) is 0.125. The molecule has 0 aliphatic heterocycles. The maximum absolute atomic E-state index is 11.0. The Hall–Kier alpha value is -1.89. The Kier molecular flexibility index (Phi) is 2.06. The number of hydrogen-bond donors (Lipinski definition) is 2. The molecule has 0 saturated carbocycles. The average Bonchev–Trinajstić information content (AvgIpc) is 2.06. The summed E-state index contributed by atoms with van der Waals surface area (Å²) in [5.41, 5.74) is 0.791. The van der Waals surface area contributed by atoms with E-state index < -0.39 is 5.56 Å². The zero-order valence-electron chi connectivity index (χ0n) is 6.51. The molecule has 0 aliphatic rings. The lowest BCUT2D eigenvalue weighted by molar-refractivity contribution is 1.17. The van der Waals surface area contributed by atoms with Crippen LogP contribution in [0.15, 0.2) is 11.0 Å². The van der Waals surface area contributed by atoms with Crippen LogP contribution in [-0.4, -0.2) is 11.2 Å². The van der Waals surface area contributed by atoms with Crippen LogP contribution in [0, 0.1) is 23.7 Å². The summed E-state index contributed by atoms with van der Waals surface area (Å²) in [4.78, 5) is 13.4. The summed E-state index contributed by atoms with van der Waals surface area (Å²) in [6.07, 6.45) is 2.53. The van der Waals surface area contributed by atoms with Crippen molar-refractivity contribution in [3.05, 3.63) is 33.2 Å². The van der Waals surface area contributed by atoms with Gasteiger partial charge >= 0.3 is 0 Å². The van der Waals surface area contributed by atoms with Crippen molar-refractivity contribution in [1.29, 1.82) is 10.7 Å². The number of hydrogen-bond acceptors (Lipinski definition) is 3. The summed E-state index contributed by atoms with van der Waals surface area (Å²) in [7, 11) is 0. The van der Waals surface area contributed by atoms with E-state index in [1.54, 1.807) is 13.0 Å². The third-order valence-corrected chi connectivity index (χ3v) is 1.66. The van der Waals surface area contributed by atoms with Crippen LogP contribution < -0.4 is 5.56 Å². The van der Waals surface area contributed by atoms with Crippen LogP contribution in [0.1, 0.15) is 16.7 Å². The van der Waals surface area contributed by atoms with Crippen LogP contribution in [0.25, 0.3) is 0 Å². The van der Waals surface area contributed by atoms with Crippen molar-refractivity contribution in [2.75, 3.05) is 0 Å². The standard InChI is InChI=1S/C8H7N3O/c1-5-6(2-9)4-11-8(12)7(5)3-10/h2,4,9H,1H3,(H,11,12). The third-order valence-electron chi connectivity index (χ3n) is 1.66. The van der Waals surface area contributed by atoms with E-state index in [2.05, 4.69) is 4.98 Å². The highest BCUT2D eigenvalue weighted by Crippen LogP contribution is 2.04. The second-order valence-corrected chi connectivity index (χ2v) is 2.33. The molecule has 1 heterocycles. The van der Waals surface area contributed by atoms with Gasteiger partial charge in [0.1, 0.15) is 11.6 Å². The summed E-state index contributed by atoms with van der Waals surface area (Å²) in [5, 5.41) is 15.5. The number of aromatic amines is 1. The van der Waals surface area contributed by atoms with Gasteiger partial charge in [0.15, 0.2) is 0 Å². The van der Waals surface area contributed by atoms with Crippen LogP contribution in [0.3, 0.4) is 0 Å². The molecule has 0 spiro atoms. The summed E-state index contributed by atoms with van der Waals surface area (Å²) >= 11 is 0. The van der Waals surface area contributed by atoms with Crippen LogP contribution >= 0.6 is 0 Å². The van der Waals surface area contributed by atoms with E-state index in [9.17, 15) is 4.79 Å². The second kappa shape index (κ2) is 3.01. The Morgan fingerprint density at radius 3 is 2.92 bits per heavy atom. The van der Waals surface area contributed by atoms with E-state index in [1.807, 2.05) is 0 Å². The number of pyridine rings is 1. The first-order chi connectivity index (χ1) is 5.70. The summed E-state index contributed by atoms with van der Waals surface area (Å²) in [6, 6.07) is 1.79. The van der Waals surface area contributed by atoms with Crippen LogP contribution in [-0.2, 0) is 0 Å². The third kappa shape index (κ3) is 1.12. The predicted octanol–water partition coefficient (Wildman–Crippen LogP) is 0.553. The molecule has 0 fully saturated rings. The van der Waals surface area contributed by atoms with Crippen LogP contribution in [0.5, 0.6) is 0 Å². The molecule has 1 aromatic rings. The average molecular weight is 161 g/mol. The molecule has 4 nitrogen and oxygen atoms in total. The monoisotopic (exact) mass is 161 g/mol. The molecule has 0 aromatic carbocycles. The number of nitriles is 1. The number of aromatic nitrogens is 1. The first kappa shape index (κ1) is 8.21. The van der Waals surface area contributed by atoms with Crippen molar-refractivity contribution in [2.24, 2.45) is 0 Å². The SMILES string of the molecule is Cc1c(C=N)c[nH]c(=O)c1C#N. The molecular weight excluding hydrogens is 154 g/mol. The number of H-pyrrole nitrogens is 1. The maximum Gasteiger partial charge on any atom is 0.266 e. The largest absolute Gasteiger partial charge is 0.327 e. The van der Waals surface area contributed by atoms with Gasteiger partial charge in [0.25, 0.3) is 5.56 Å². The van der Waals surface area contributed by atoms with Crippen LogP contribution in [0.4, 0.5) is 0 Å². The fourth-order valence-corrected chi connectivity index (χ4v) is 0.923. The van der Waals surface area contributed by atoms with Crippen molar-refractivity contribution in [3.63, 3.8) is 0 Å². The van der Waals surface area contributed by atoms with Crippen molar-refractivity contribution < 1.29 is 0 Å². The molecule has 4 heteroatoms. The van der Waals surface area contributed by atoms with Gasteiger partial charge in [-0.2, -0.15) is 5.26 Å². The Morgan fingerprint density at radius 2 is 2.42 bits per heavy atom. The van der Waals surface area contributed by atoms with Gasteiger partial charge in [-0.1, -0.05) is 0 Å². The number of nitrogens with zero attached hydrogens (tertiary/aromatic N) is 1. The lowest BCUT2D eigenvalue weighted by Gasteiger charge is -1.98. The Morgan fingerprint density at radius 1 is 1.75 bits per heavy atom. The maximum atomic E-state index is 11.0. The highest BCUT2D eigenvalue weighted by Gasteiger charge is 2.05. The van der Waals surface area contributed by atoms with Gasteiger partial charge in [0, 0.05) is 18.0 Å². The smallest absolute Gasteiger partial charge is 0.266 e. The summed E-state index contributed by atoms with van der Waals surface area (Å²) < 4.78 is 0. The van der Waals surface area contributed by atoms with Crippen molar-refractivity contribution in [1.82, 2.24) is 4.98 Å². The zero-order valence-corrected chi connectivity index (χ0v) is 6.51. The lowest BCUT2D eigenvalue weighted by atomic mass is 10.1. The molecule has 0 atom stereocenters. The fourth-order valence-electron chi connectivity index (χ4n) is 0.923. The zero-order chi connectivity index (χ0) is 9.14. The van der Waals surface area contributed by atoms with E-state index >= 15 is 0 Å². The molecule has 0 unspecified atom stereocenters. The summed E-state index contributed by atoms with van der Waals surface area (Å²) in [6.45, 7) is 1.65. The lowest BCUT2D eigenvalue weighted by Crippen LogP contribution is -2.13. The quantitative estimate of drug-likeness (QED) is 0.590. The van der Waals surface area contributed by atoms with Gasteiger partial charge in [0.05, 0.1) is 0 Å². The van der Waals surface area contributed by atoms with E-state index in [1.165, 1.54) is 6.20 Å². The molecule has 0 radical (unpaired) electrons. The Balaban J connectivity index is 3.58. The van der Waals surface area contributed by atoms with E-state index in [-0.39, 0.29) is 5.56 Å². The second-order valence-electron chi connectivity index (χ2n) is 2.33. The van der Waals surface area contributed by atoms with E-state index in [4.69, 9.17) is 10.7 Å². The van der Waals surface area contributed by atoms with Gasteiger partial charge in [-0.05, 0) is 12.5 Å². The minimum Gasteiger partial charge on any atom is -0.327 e. The molecule has 0 saturated heterocycles. The minimum absolute atomic E-state index is 0.0796. The molecule has 60 valence electrons. The first-order valence-corrected chi connectivity index (χ1v) is 3.33. The molecule has 0 bridgehead atoms. The molecule has 1 rings (SSSR count). The number of nitrogens with one attached hydrogen (secondary N) is 2. The van der Waals surface area contributed by atoms with E-state index in [0.29, 0.717) is 11.1 Å². The topological polar surface area (TPSA) is 80.5 Å². The predicted molar refractivity (Wildman–Crippen MR) is 44.4 cm³/mol. The summed E-state index contributed by atoms with van der Waals surface area (Å²) in [5.74, 6) is 0. The highest BCUT2D eigenvalue weighted by atomic mass is 16.1. The van der Waals surface area contributed by atoms with Crippen molar-refractivity contribution >= 4 is 6.21 Å². The van der Waals surface area contributed by atoms with Crippen molar-refractivity contribution in [2.45, 2.75) is 6.92 Å². The molecule has 2 N–H and O–H groups in total. The number of rotatable bonds is 1. The minimum atomic E-state index is -0.402. The van der Waals surface area contributed by atoms with Crippen molar-refractivity contribution in [3.8, 4) is 6.07 Å². The molecular formula is C8H7N3O. The Bertz CT molecular complexity index is 411. The normalized spacial score (nSPS) is 9.00. The Labute approximate surface area is 69.0 Å². The first-order valence-electron chi connectivity index (χ1n) is 3.33. The van der Waals surface area contributed by atoms with Gasteiger partial charge < -0.3 is 10.4 Å².